The molecule has 0 spiro atoms. The number of carbonyl (C=O) groups is 6. The Bertz CT molecular complexity index is 1220. The molecule has 41 heavy (non-hydrogen) atoms. The number of hydrogen-bond donors (Lipinski definition) is 2. The van der Waals surface area contributed by atoms with E-state index in [1.54, 1.807) is 4.90 Å². The summed E-state index contributed by atoms with van der Waals surface area (Å²) < 4.78 is 0. The molecule has 0 bridgehead atoms. The molecule has 1 unspecified atom stereocenters. The molecule has 4 amide bonds. The van der Waals surface area contributed by atoms with Crippen LogP contribution in [0.2, 0.25) is 0 Å². The zero-order valence-corrected chi connectivity index (χ0v) is 23.6. The van der Waals surface area contributed by atoms with Crippen LogP contribution in [0.5, 0.6) is 0 Å². The molecular formula is C31H38N4O6. The number of carbonyl (C=O) groups excluding carboxylic acids is 6. The van der Waals surface area contributed by atoms with Crippen molar-refractivity contribution in [2.75, 3.05) is 19.6 Å². The molecule has 218 valence electrons. The summed E-state index contributed by atoms with van der Waals surface area (Å²) >= 11 is 0. The Morgan fingerprint density at radius 2 is 1.51 bits per heavy atom. The molecule has 1 saturated heterocycles. The Balaban J connectivity index is 1.73. The van der Waals surface area contributed by atoms with Gasteiger partial charge in [-0.25, -0.2) is 0 Å². The van der Waals surface area contributed by atoms with Gasteiger partial charge < -0.3 is 25.2 Å². The van der Waals surface area contributed by atoms with Crippen LogP contribution in [0.15, 0.2) is 60.7 Å². The van der Waals surface area contributed by atoms with Crippen LogP contribution >= 0.6 is 0 Å². The maximum Gasteiger partial charge on any atom is 0.247 e. The minimum Gasteiger partial charge on any atom is -0.344 e. The van der Waals surface area contributed by atoms with E-state index < -0.39 is 29.9 Å². The number of Topliss-reactive ketones (excluding diaryl/α,β-unsaturated/α-hetero) is 1. The highest BCUT2D eigenvalue weighted by Crippen LogP contribution is 2.14. The summed E-state index contributed by atoms with van der Waals surface area (Å²) in [5, 5.41) is 5.30. The molecule has 2 N–H and O–H groups in total. The Morgan fingerprint density at radius 3 is 2.07 bits per heavy atom. The molecule has 0 radical (unpaired) electrons. The molecule has 10 heteroatoms. The van der Waals surface area contributed by atoms with Crippen molar-refractivity contribution in [1.82, 2.24) is 20.4 Å². The Labute approximate surface area is 240 Å². The minimum absolute atomic E-state index is 0.0182. The smallest absolute Gasteiger partial charge is 0.247 e. The van der Waals surface area contributed by atoms with Gasteiger partial charge in [-0.15, -0.1) is 0 Å². The summed E-state index contributed by atoms with van der Waals surface area (Å²) in [7, 11) is 0. The summed E-state index contributed by atoms with van der Waals surface area (Å²) in [6.07, 6.45) is 1.73. The number of aryl methyl sites for hydroxylation is 2. The van der Waals surface area contributed by atoms with Crippen molar-refractivity contribution < 1.29 is 28.8 Å². The average molecular weight is 563 g/mol. The Morgan fingerprint density at radius 1 is 0.927 bits per heavy atom. The molecule has 0 aromatic heterocycles. The third-order valence-electron chi connectivity index (χ3n) is 7.08. The summed E-state index contributed by atoms with van der Waals surface area (Å²) in [6, 6.07) is 16.0. The summed E-state index contributed by atoms with van der Waals surface area (Å²) in [5.41, 5.74) is 1.99. The number of ketones is 1. The van der Waals surface area contributed by atoms with Gasteiger partial charge in [0.2, 0.25) is 23.6 Å². The number of benzene rings is 2. The fourth-order valence-corrected chi connectivity index (χ4v) is 4.76. The van der Waals surface area contributed by atoms with Crippen molar-refractivity contribution in [3.05, 3.63) is 71.8 Å². The fourth-order valence-electron chi connectivity index (χ4n) is 4.76. The van der Waals surface area contributed by atoms with Gasteiger partial charge in [-0.3, -0.25) is 24.0 Å². The van der Waals surface area contributed by atoms with Crippen molar-refractivity contribution in [2.24, 2.45) is 0 Å². The minimum atomic E-state index is -1.05. The van der Waals surface area contributed by atoms with Crippen LogP contribution in [-0.4, -0.2) is 83.3 Å². The predicted molar refractivity (Wildman–Crippen MR) is 153 cm³/mol. The fraction of sp³-hybridized carbons (Fsp3) is 0.419. The maximum absolute atomic E-state index is 13.7. The van der Waals surface area contributed by atoms with Crippen molar-refractivity contribution in [3.8, 4) is 0 Å². The van der Waals surface area contributed by atoms with E-state index in [1.807, 2.05) is 60.7 Å². The highest BCUT2D eigenvalue weighted by Gasteiger charge is 2.37. The Hall–Kier alpha value is -4.34. The van der Waals surface area contributed by atoms with E-state index in [1.165, 1.54) is 18.7 Å². The molecule has 3 rings (SSSR count). The third-order valence-corrected chi connectivity index (χ3v) is 7.08. The molecule has 1 aliphatic heterocycles. The lowest BCUT2D eigenvalue weighted by atomic mass is 10.1. The highest BCUT2D eigenvalue weighted by atomic mass is 16.2. The first-order valence-electron chi connectivity index (χ1n) is 13.9. The van der Waals surface area contributed by atoms with Gasteiger partial charge in [0.1, 0.15) is 24.2 Å². The molecule has 1 aliphatic rings. The topological polar surface area (TPSA) is 133 Å². The van der Waals surface area contributed by atoms with Gasteiger partial charge in [0, 0.05) is 38.9 Å². The molecule has 2 aromatic rings. The lowest BCUT2D eigenvalue weighted by molar-refractivity contribution is -0.142. The molecule has 2 aromatic carbocycles. The van der Waals surface area contributed by atoms with E-state index in [0.29, 0.717) is 19.1 Å². The van der Waals surface area contributed by atoms with Crippen molar-refractivity contribution in [1.29, 1.82) is 0 Å². The van der Waals surface area contributed by atoms with Crippen LogP contribution in [0.25, 0.3) is 0 Å². The van der Waals surface area contributed by atoms with Gasteiger partial charge in [-0.1, -0.05) is 60.7 Å². The summed E-state index contributed by atoms with van der Waals surface area (Å²) in [5.74, 6) is -1.86. The van der Waals surface area contributed by atoms with Gasteiger partial charge >= 0.3 is 0 Å². The number of nitrogens with one attached hydrogen (secondary N) is 2. The first kappa shape index (κ1) is 31.2. The normalized spacial score (nSPS) is 16.7. The van der Waals surface area contributed by atoms with Crippen LogP contribution in [0.3, 0.4) is 0 Å². The SMILES string of the molecule is CC(=O)C[C@@H](C=O)NC(=O)C(C)N1CCN(C(=O)CCc2ccccc2)C[C@H](NC(=O)CCc2ccccc2)C1=O. The largest absolute Gasteiger partial charge is 0.344 e. The first-order chi connectivity index (χ1) is 19.7. The molecule has 0 aliphatic carbocycles. The second-order valence-corrected chi connectivity index (χ2v) is 10.3. The van der Waals surface area contributed by atoms with Crippen LogP contribution < -0.4 is 10.6 Å². The molecule has 3 atom stereocenters. The lowest BCUT2D eigenvalue weighted by Gasteiger charge is -2.30. The van der Waals surface area contributed by atoms with Crippen LogP contribution in [0.4, 0.5) is 0 Å². The quantitative estimate of drug-likeness (QED) is 0.355. The molecule has 1 fully saturated rings. The van der Waals surface area contributed by atoms with Gasteiger partial charge in [0.15, 0.2) is 0 Å². The highest BCUT2D eigenvalue weighted by molar-refractivity contribution is 5.94. The van der Waals surface area contributed by atoms with E-state index in [-0.39, 0.29) is 56.5 Å². The van der Waals surface area contributed by atoms with Gasteiger partial charge in [0.25, 0.3) is 0 Å². The van der Waals surface area contributed by atoms with E-state index in [0.717, 1.165) is 11.1 Å². The monoisotopic (exact) mass is 562 g/mol. The zero-order valence-electron chi connectivity index (χ0n) is 23.6. The van der Waals surface area contributed by atoms with Gasteiger partial charge in [-0.2, -0.15) is 0 Å². The first-order valence-corrected chi connectivity index (χ1v) is 13.9. The standard InChI is InChI=1S/C31H38N4O6/c1-22(37)19-26(21-36)32-30(40)23(2)35-18-17-34(29(39)16-14-25-11-7-4-8-12-25)20-27(31(35)41)33-28(38)15-13-24-9-5-3-6-10-24/h3-12,21,23,26-27H,13-20H2,1-2H3,(H,32,40)(H,33,38)/t23?,26-,27-/m0/s1. The van der Waals surface area contributed by atoms with Gasteiger partial charge in [-0.05, 0) is 37.8 Å². The number of aldehydes is 1. The molecular weight excluding hydrogens is 524 g/mol. The number of hydrogen-bond acceptors (Lipinski definition) is 6. The maximum atomic E-state index is 13.7. The van der Waals surface area contributed by atoms with Crippen LogP contribution in [0.1, 0.15) is 44.2 Å². The second kappa shape index (κ2) is 15.4. The third kappa shape index (κ3) is 9.66. The predicted octanol–water partition coefficient (Wildman–Crippen LogP) is 1.46. The lowest BCUT2D eigenvalue weighted by Crippen LogP contribution is -2.56. The van der Waals surface area contributed by atoms with E-state index in [9.17, 15) is 28.8 Å². The van der Waals surface area contributed by atoms with Crippen LogP contribution in [-0.2, 0) is 41.6 Å². The van der Waals surface area contributed by atoms with Crippen molar-refractivity contribution in [2.45, 2.75) is 64.1 Å². The number of rotatable bonds is 13. The summed E-state index contributed by atoms with van der Waals surface area (Å²) in [4.78, 5) is 78.4. The second-order valence-electron chi connectivity index (χ2n) is 10.3. The van der Waals surface area contributed by atoms with E-state index >= 15 is 0 Å². The Kier molecular flexibility index (Phi) is 11.8. The van der Waals surface area contributed by atoms with E-state index in [4.69, 9.17) is 0 Å². The average Bonchev–Trinajstić information content (AvgIpc) is 3.13. The summed E-state index contributed by atoms with van der Waals surface area (Å²) in [6.45, 7) is 3.07. The zero-order chi connectivity index (χ0) is 29.8. The molecule has 10 nitrogen and oxygen atoms in total. The molecule has 1 heterocycles. The number of amides is 4. The van der Waals surface area contributed by atoms with Crippen LogP contribution in [0, 0.1) is 0 Å². The van der Waals surface area contributed by atoms with E-state index in [2.05, 4.69) is 10.6 Å². The van der Waals surface area contributed by atoms with Crippen molar-refractivity contribution >= 4 is 35.7 Å². The number of nitrogens with zero attached hydrogens (tertiary/aromatic N) is 2. The van der Waals surface area contributed by atoms with Gasteiger partial charge in [0.05, 0.1) is 6.04 Å². The molecule has 0 saturated carbocycles. The van der Waals surface area contributed by atoms with Crippen molar-refractivity contribution in [3.63, 3.8) is 0 Å².